The van der Waals surface area contributed by atoms with Crippen molar-refractivity contribution in [3.05, 3.63) is 52.7 Å². The van der Waals surface area contributed by atoms with Crippen LogP contribution in [0.15, 0.2) is 46.4 Å². The van der Waals surface area contributed by atoms with Crippen LogP contribution in [0.1, 0.15) is 11.3 Å². The van der Waals surface area contributed by atoms with Crippen LogP contribution >= 0.6 is 11.8 Å². The predicted molar refractivity (Wildman–Crippen MR) is 89.1 cm³/mol. The fourth-order valence-electron chi connectivity index (χ4n) is 2.13. The number of hydrogen-bond acceptors (Lipinski definition) is 4. The minimum Gasteiger partial charge on any atom is -0.506 e. The van der Waals surface area contributed by atoms with Crippen molar-refractivity contribution in [3.8, 4) is 5.75 Å². The van der Waals surface area contributed by atoms with Crippen LogP contribution in [0.2, 0.25) is 0 Å². The van der Waals surface area contributed by atoms with Crippen molar-refractivity contribution < 1.29 is 9.90 Å². The molecule has 1 saturated heterocycles. The van der Waals surface area contributed by atoms with Gasteiger partial charge < -0.3 is 15.0 Å². The molecule has 112 valence electrons. The van der Waals surface area contributed by atoms with Crippen molar-refractivity contribution in [3.63, 3.8) is 0 Å². The van der Waals surface area contributed by atoms with Crippen molar-refractivity contribution in [2.75, 3.05) is 0 Å². The number of amides is 1. The molecule has 0 spiro atoms. The summed E-state index contributed by atoms with van der Waals surface area (Å²) in [6.45, 7) is 1.86. The van der Waals surface area contributed by atoms with Gasteiger partial charge in [-0.2, -0.15) is 0 Å². The maximum atomic E-state index is 12.0. The van der Waals surface area contributed by atoms with Gasteiger partial charge in [0.15, 0.2) is 5.17 Å². The van der Waals surface area contributed by atoms with E-state index in [0.717, 1.165) is 11.3 Å². The smallest absolute Gasteiger partial charge is 0.264 e. The number of aromatic nitrogens is 1. The monoisotopic (exact) mass is 313 g/mol. The number of phenols is 1. The van der Waals surface area contributed by atoms with Crippen LogP contribution in [-0.2, 0) is 11.8 Å². The minimum absolute atomic E-state index is 0.0993. The molecular weight excluding hydrogens is 298 g/mol. The average molecular weight is 313 g/mol. The van der Waals surface area contributed by atoms with E-state index in [0.29, 0.717) is 15.8 Å². The van der Waals surface area contributed by atoms with E-state index in [1.165, 1.54) is 11.8 Å². The highest BCUT2D eigenvalue weighted by Gasteiger charge is 2.24. The van der Waals surface area contributed by atoms with Gasteiger partial charge in [-0.05, 0) is 48.5 Å². The lowest BCUT2D eigenvalue weighted by molar-refractivity contribution is -0.115. The lowest BCUT2D eigenvalue weighted by Gasteiger charge is -2.03. The number of thioether (sulfide) groups is 1. The summed E-state index contributed by atoms with van der Waals surface area (Å²) in [5.74, 6) is -0.0831. The highest BCUT2D eigenvalue weighted by molar-refractivity contribution is 8.18. The van der Waals surface area contributed by atoms with Gasteiger partial charge in [0.1, 0.15) is 11.4 Å². The second kappa shape index (κ2) is 5.73. The van der Waals surface area contributed by atoms with Gasteiger partial charge >= 0.3 is 0 Å². The van der Waals surface area contributed by atoms with E-state index in [2.05, 4.69) is 10.3 Å². The Morgan fingerprint density at radius 3 is 2.82 bits per heavy atom. The van der Waals surface area contributed by atoms with Gasteiger partial charge in [0.05, 0.1) is 4.91 Å². The molecule has 2 N–H and O–H groups in total. The summed E-state index contributed by atoms with van der Waals surface area (Å²) in [7, 11) is 1.92. The van der Waals surface area contributed by atoms with E-state index in [-0.39, 0.29) is 11.7 Å². The fraction of sp³-hybridized carbons (Fsp3) is 0.125. The van der Waals surface area contributed by atoms with E-state index < -0.39 is 0 Å². The Hall–Kier alpha value is -2.47. The normalized spacial score (nSPS) is 18.2. The average Bonchev–Trinajstić information content (AvgIpc) is 3.02. The minimum atomic E-state index is -0.182. The van der Waals surface area contributed by atoms with Gasteiger partial charge in [-0.1, -0.05) is 12.1 Å². The Morgan fingerprint density at radius 2 is 2.14 bits per heavy atom. The summed E-state index contributed by atoms with van der Waals surface area (Å²) in [4.78, 5) is 17.0. The highest BCUT2D eigenvalue weighted by Crippen LogP contribution is 2.33. The molecule has 6 heteroatoms. The molecule has 0 bridgehead atoms. The van der Waals surface area contributed by atoms with Gasteiger partial charge in [0.2, 0.25) is 0 Å². The molecule has 1 aliphatic rings. The number of carbonyl (C=O) groups is 1. The van der Waals surface area contributed by atoms with Gasteiger partial charge in [-0.15, -0.1) is 0 Å². The van der Waals surface area contributed by atoms with Gasteiger partial charge in [-0.25, -0.2) is 4.99 Å². The Morgan fingerprint density at radius 1 is 1.32 bits per heavy atom. The second-order valence-electron chi connectivity index (χ2n) is 4.97. The number of hydrogen-bond donors (Lipinski definition) is 2. The molecule has 1 fully saturated rings. The van der Waals surface area contributed by atoms with Crippen molar-refractivity contribution in [2.45, 2.75) is 6.92 Å². The molecule has 0 radical (unpaired) electrons. The van der Waals surface area contributed by atoms with Crippen molar-refractivity contribution in [1.82, 2.24) is 9.88 Å². The number of aryl methyl sites for hydroxylation is 2. The lowest BCUT2D eigenvalue weighted by Crippen LogP contribution is -2.19. The summed E-state index contributed by atoms with van der Waals surface area (Å²) in [5.41, 5.74) is 2.27. The first-order valence-corrected chi connectivity index (χ1v) is 7.56. The molecule has 0 unspecified atom stereocenters. The third kappa shape index (κ3) is 2.78. The summed E-state index contributed by atoms with van der Waals surface area (Å²) < 4.78 is 1.93. The van der Waals surface area contributed by atoms with Crippen LogP contribution in [0, 0.1) is 6.92 Å². The Labute approximate surface area is 132 Å². The first kappa shape index (κ1) is 14.5. The number of benzene rings is 1. The summed E-state index contributed by atoms with van der Waals surface area (Å²) in [6.07, 6.45) is 3.74. The Bertz CT molecular complexity index is 785. The van der Waals surface area contributed by atoms with Crippen LogP contribution < -0.4 is 5.32 Å². The molecule has 3 rings (SSSR count). The molecule has 2 aromatic rings. The molecule has 22 heavy (non-hydrogen) atoms. The van der Waals surface area contributed by atoms with Gasteiger partial charge in [-0.3, -0.25) is 4.79 Å². The van der Waals surface area contributed by atoms with E-state index >= 15 is 0 Å². The topological polar surface area (TPSA) is 66.6 Å². The van der Waals surface area contributed by atoms with Crippen molar-refractivity contribution in [1.29, 1.82) is 0 Å². The number of nitrogens with one attached hydrogen (secondary N) is 1. The third-order valence-corrected chi connectivity index (χ3v) is 4.25. The number of aliphatic imine (C=N–C) groups is 1. The Balaban J connectivity index is 1.90. The molecule has 0 saturated carbocycles. The lowest BCUT2D eigenvalue weighted by atomic mass is 10.2. The van der Waals surface area contributed by atoms with Crippen molar-refractivity contribution in [2.24, 2.45) is 12.0 Å². The number of carbonyl (C=O) groups excluding carboxylic acids is 1. The van der Waals surface area contributed by atoms with Gasteiger partial charge in [0, 0.05) is 18.9 Å². The number of para-hydroxylation sites is 1. The van der Waals surface area contributed by atoms with E-state index in [1.54, 1.807) is 12.1 Å². The van der Waals surface area contributed by atoms with Gasteiger partial charge in [0.25, 0.3) is 5.91 Å². The van der Waals surface area contributed by atoms with Crippen LogP contribution in [-0.4, -0.2) is 20.7 Å². The van der Waals surface area contributed by atoms with E-state index in [4.69, 9.17) is 0 Å². The SMILES string of the molecule is Cc1cccc(O)c1N=C1NC(=O)/C(=C\c2cccn2C)S1. The number of amidine groups is 1. The Kier molecular flexibility index (Phi) is 3.77. The summed E-state index contributed by atoms with van der Waals surface area (Å²) in [6, 6.07) is 9.05. The summed E-state index contributed by atoms with van der Waals surface area (Å²) >= 11 is 1.26. The zero-order chi connectivity index (χ0) is 15.7. The number of nitrogens with zero attached hydrogens (tertiary/aromatic N) is 2. The molecule has 1 amide bonds. The van der Waals surface area contributed by atoms with E-state index in [1.807, 2.05) is 49.0 Å². The molecule has 1 aromatic heterocycles. The molecular formula is C16H15N3O2S. The zero-order valence-corrected chi connectivity index (χ0v) is 13.0. The largest absolute Gasteiger partial charge is 0.506 e. The standard InChI is InChI=1S/C16H15N3O2S/c1-10-5-3-7-12(20)14(10)17-16-18-15(21)13(22-16)9-11-6-4-8-19(11)2/h3-9,20H,1-2H3,(H,17,18,21)/b13-9+. The first-order valence-electron chi connectivity index (χ1n) is 6.74. The second-order valence-corrected chi connectivity index (χ2v) is 6.00. The zero-order valence-electron chi connectivity index (χ0n) is 12.2. The van der Waals surface area contributed by atoms with Crippen LogP contribution in [0.25, 0.3) is 6.08 Å². The van der Waals surface area contributed by atoms with Crippen molar-refractivity contribution >= 4 is 34.6 Å². The maximum absolute atomic E-state index is 12.0. The van der Waals surface area contributed by atoms with Crippen LogP contribution in [0.5, 0.6) is 5.75 Å². The summed E-state index contributed by atoms with van der Waals surface area (Å²) in [5, 5.41) is 13.1. The third-order valence-electron chi connectivity index (χ3n) is 3.34. The molecule has 2 heterocycles. The first-order chi connectivity index (χ1) is 10.5. The number of aromatic hydroxyl groups is 1. The molecule has 0 atom stereocenters. The number of phenolic OH excluding ortho intramolecular Hbond substituents is 1. The molecule has 1 aliphatic heterocycles. The number of rotatable bonds is 2. The molecule has 0 aliphatic carbocycles. The van der Waals surface area contributed by atoms with Crippen LogP contribution in [0.3, 0.4) is 0 Å². The van der Waals surface area contributed by atoms with Crippen LogP contribution in [0.4, 0.5) is 5.69 Å². The maximum Gasteiger partial charge on any atom is 0.264 e. The molecule has 5 nitrogen and oxygen atoms in total. The predicted octanol–water partition coefficient (Wildman–Crippen LogP) is 2.93. The van der Waals surface area contributed by atoms with E-state index in [9.17, 15) is 9.90 Å². The quantitative estimate of drug-likeness (QED) is 0.838. The fourth-order valence-corrected chi connectivity index (χ4v) is 2.94. The molecule has 1 aromatic carbocycles. The highest BCUT2D eigenvalue weighted by atomic mass is 32.2.